The van der Waals surface area contributed by atoms with Crippen LogP contribution in [-0.4, -0.2) is 92.0 Å². The first kappa shape index (κ1) is 26.4. The van der Waals surface area contributed by atoms with E-state index in [9.17, 15) is 14.4 Å². The molecule has 3 aliphatic rings. The van der Waals surface area contributed by atoms with Crippen LogP contribution in [0.5, 0.6) is 0 Å². The van der Waals surface area contributed by atoms with E-state index in [0.29, 0.717) is 50.5 Å². The van der Waals surface area contributed by atoms with Crippen molar-refractivity contribution in [2.24, 2.45) is 5.92 Å². The van der Waals surface area contributed by atoms with Crippen LogP contribution in [0.3, 0.4) is 0 Å². The molecule has 1 atom stereocenters. The smallest absolute Gasteiger partial charge is 0.263 e. The lowest BCUT2D eigenvalue weighted by Gasteiger charge is -2.36. The third-order valence-electron chi connectivity index (χ3n) is 7.92. The van der Waals surface area contributed by atoms with Crippen LogP contribution >= 0.6 is 0 Å². The van der Waals surface area contributed by atoms with Crippen molar-refractivity contribution in [3.63, 3.8) is 0 Å². The fourth-order valence-corrected chi connectivity index (χ4v) is 5.75. The Bertz CT molecular complexity index is 1150. The number of rotatable bonds is 9. The van der Waals surface area contributed by atoms with Crippen molar-refractivity contribution < 1.29 is 19.1 Å². The molecule has 8 nitrogen and oxygen atoms in total. The zero-order valence-corrected chi connectivity index (χ0v) is 22.5. The van der Waals surface area contributed by atoms with Crippen molar-refractivity contribution in [1.82, 2.24) is 14.7 Å². The molecule has 0 bridgehead atoms. The van der Waals surface area contributed by atoms with Crippen LogP contribution in [0.1, 0.15) is 52.0 Å². The van der Waals surface area contributed by atoms with E-state index in [2.05, 4.69) is 21.9 Å². The van der Waals surface area contributed by atoms with E-state index in [-0.39, 0.29) is 29.7 Å². The predicted molar refractivity (Wildman–Crippen MR) is 146 cm³/mol. The predicted octanol–water partition coefficient (Wildman–Crippen LogP) is 3.27. The minimum absolute atomic E-state index is 0.0535. The molecule has 0 aliphatic carbocycles. The van der Waals surface area contributed by atoms with Crippen LogP contribution in [0.25, 0.3) is 0 Å². The van der Waals surface area contributed by atoms with E-state index >= 15 is 0 Å². The monoisotopic (exact) mass is 518 g/mol. The number of hydrogen-bond acceptors (Lipinski definition) is 6. The van der Waals surface area contributed by atoms with Gasteiger partial charge < -0.3 is 19.4 Å². The molecule has 0 spiro atoms. The van der Waals surface area contributed by atoms with Gasteiger partial charge in [-0.1, -0.05) is 36.4 Å². The van der Waals surface area contributed by atoms with Gasteiger partial charge in [-0.25, -0.2) is 0 Å². The summed E-state index contributed by atoms with van der Waals surface area (Å²) in [4.78, 5) is 47.7. The van der Waals surface area contributed by atoms with Crippen LogP contribution < -0.4 is 4.90 Å². The molecule has 2 aromatic rings. The number of benzene rings is 2. The summed E-state index contributed by atoms with van der Waals surface area (Å²) in [5, 5.41) is 0. The first-order valence-electron chi connectivity index (χ1n) is 13.8. The fourth-order valence-electron chi connectivity index (χ4n) is 5.75. The summed E-state index contributed by atoms with van der Waals surface area (Å²) in [6.45, 7) is 4.45. The summed E-state index contributed by atoms with van der Waals surface area (Å²) in [6, 6.07) is 15.7. The Labute approximate surface area is 225 Å². The first-order chi connectivity index (χ1) is 18.4. The first-order valence-corrected chi connectivity index (χ1v) is 13.8. The average molecular weight is 519 g/mol. The fraction of sp³-hybridized carbons (Fsp3) is 0.500. The van der Waals surface area contributed by atoms with Crippen molar-refractivity contribution in [3.8, 4) is 0 Å². The quantitative estimate of drug-likeness (QED) is 0.475. The molecule has 8 heteroatoms. The van der Waals surface area contributed by atoms with Crippen LogP contribution in [0.4, 0.5) is 5.69 Å². The van der Waals surface area contributed by atoms with E-state index in [1.807, 2.05) is 49.3 Å². The summed E-state index contributed by atoms with van der Waals surface area (Å²) < 4.78 is 5.68. The van der Waals surface area contributed by atoms with Crippen LogP contribution in [-0.2, 0) is 16.1 Å². The normalized spacial score (nSPS) is 19.9. The Morgan fingerprint density at radius 1 is 0.947 bits per heavy atom. The number of likely N-dealkylation sites (N-methyl/N-ethyl adjacent to an activating group) is 1. The highest BCUT2D eigenvalue weighted by Crippen LogP contribution is 2.35. The van der Waals surface area contributed by atoms with Gasteiger partial charge in [-0.15, -0.1) is 0 Å². The van der Waals surface area contributed by atoms with Gasteiger partial charge >= 0.3 is 0 Å². The summed E-state index contributed by atoms with van der Waals surface area (Å²) >= 11 is 0. The van der Waals surface area contributed by atoms with Gasteiger partial charge in [-0.05, 0) is 57.5 Å². The molecule has 5 rings (SSSR count). The number of anilines is 1. The molecule has 2 saturated heterocycles. The second-order valence-electron chi connectivity index (χ2n) is 10.9. The van der Waals surface area contributed by atoms with Gasteiger partial charge in [0, 0.05) is 45.2 Å². The lowest BCUT2D eigenvalue weighted by atomic mass is 9.93. The third-order valence-corrected chi connectivity index (χ3v) is 7.92. The molecule has 0 aromatic heterocycles. The third kappa shape index (κ3) is 5.61. The lowest BCUT2D eigenvalue weighted by molar-refractivity contribution is -0.137. The maximum atomic E-state index is 13.6. The Morgan fingerprint density at radius 2 is 1.71 bits per heavy atom. The molecule has 0 radical (unpaired) electrons. The molecular weight excluding hydrogens is 480 g/mol. The number of imide groups is 1. The molecule has 3 aliphatic heterocycles. The second-order valence-corrected chi connectivity index (χ2v) is 10.9. The summed E-state index contributed by atoms with van der Waals surface area (Å²) in [5.74, 6) is -0.318. The van der Waals surface area contributed by atoms with E-state index in [1.165, 1.54) is 4.90 Å². The Kier molecular flexibility index (Phi) is 8.09. The van der Waals surface area contributed by atoms with Crippen molar-refractivity contribution >= 4 is 23.4 Å². The van der Waals surface area contributed by atoms with Gasteiger partial charge in [0.2, 0.25) is 5.91 Å². The lowest BCUT2D eigenvalue weighted by Crippen LogP contribution is -2.44. The van der Waals surface area contributed by atoms with Gasteiger partial charge in [0.05, 0.1) is 29.5 Å². The highest BCUT2D eigenvalue weighted by atomic mass is 16.5. The SMILES string of the molecule is CN(C)CCN(Cc1ccccc1)C(=O)C1CCN(c2cccc3c2C(=O)N(C[C@@H]2CCCO2)C3=O)CC1. The van der Waals surface area contributed by atoms with Gasteiger partial charge in [0.25, 0.3) is 11.8 Å². The maximum absolute atomic E-state index is 13.6. The Morgan fingerprint density at radius 3 is 2.39 bits per heavy atom. The van der Waals surface area contributed by atoms with Gasteiger partial charge in [0.15, 0.2) is 0 Å². The zero-order valence-electron chi connectivity index (χ0n) is 22.5. The molecule has 0 unspecified atom stereocenters. The molecule has 2 aromatic carbocycles. The molecule has 3 heterocycles. The van der Waals surface area contributed by atoms with Crippen LogP contribution in [0.15, 0.2) is 48.5 Å². The number of amides is 3. The zero-order chi connectivity index (χ0) is 26.6. The number of carbonyl (C=O) groups is 3. The van der Waals surface area contributed by atoms with Gasteiger partial charge in [-0.3, -0.25) is 19.3 Å². The number of carbonyl (C=O) groups excluding carboxylic acids is 3. The highest BCUT2D eigenvalue weighted by molar-refractivity contribution is 6.23. The van der Waals surface area contributed by atoms with Crippen LogP contribution in [0, 0.1) is 5.92 Å². The number of hydrogen-bond donors (Lipinski definition) is 0. The van der Waals surface area contributed by atoms with E-state index in [0.717, 1.165) is 43.5 Å². The number of fused-ring (bicyclic) bond motifs is 1. The summed E-state index contributed by atoms with van der Waals surface area (Å²) in [7, 11) is 4.05. The topological polar surface area (TPSA) is 73.4 Å². The van der Waals surface area contributed by atoms with Crippen molar-refractivity contribution in [2.75, 3.05) is 58.3 Å². The minimum Gasteiger partial charge on any atom is -0.376 e. The average Bonchev–Trinajstić information content (AvgIpc) is 3.54. The molecule has 3 amide bonds. The van der Waals surface area contributed by atoms with Gasteiger partial charge in [0.1, 0.15) is 0 Å². The molecule has 202 valence electrons. The van der Waals surface area contributed by atoms with E-state index in [4.69, 9.17) is 4.74 Å². The minimum atomic E-state index is -0.232. The maximum Gasteiger partial charge on any atom is 0.263 e. The van der Waals surface area contributed by atoms with Gasteiger partial charge in [-0.2, -0.15) is 0 Å². The van der Waals surface area contributed by atoms with E-state index in [1.54, 1.807) is 6.07 Å². The number of nitrogens with zero attached hydrogens (tertiary/aromatic N) is 4. The molecular formula is C30H38N4O4. The standard InChI is InChI=1S/C30H38N4O4/c1-31(2)17-18-33(20-22-8-4-3-5-9-22)28(35)23-13-15-32(16-14-23)26-12-6-11-25-27(26)30(37)34(29(25)36)21-24-10-7-19-38-24/h3-6,8-9,11-12,23-24H,7,10,13-21H2,1-2H3/t24-/m0/s1. The second kappa shape index (κ2) is 11.7. The Hall–Kier alpha value is -3.23. The largest absolute Gasteiger partial charge is 0.376 e. The van der Waals surface area contributed by atoms with Crippen LogP contribution in [0.2, 0.25) is 0 Å². The Balaban J connectivity index is 1.26. The molecule has 2 fully saturated rings. The number of piperidine rings is 1. The highest BCUT2D eigenvalue weighted by Gasteiger charge is 2.40. The number of ether oxygens (including phenoxy) is 1. The van der Waals surface area contributed by atoms with Crippen molar-refractivity contribution in [2.45, 2.75) is 38.3 Å². The van der Waals surface area contributed by atoms with E-state index < -0.39 is 0 Å². The molecule has 0 N–H and O–H groups in total. The van der Waals surface area contributed by atoms with Crippen molar-refractivity contribution in [1.29, 1.82) is 0 Å². The molecule has 0 saturated carbocycles. The summed E-state index contributed by atoms with van der Waals surface area (Å²) in [5.41, 5.74) is 2.90. The molecule has 38 heavy (non-hydrogen) atoms. The van der Waals surface area contributed by atoms with Crippen molar-refractivity contribution in [3.05, 3.63) is 65.2 Å². The summed E-state index contributed by atoms with van der Waals surface area (Å²) in [6.07, 6.45) is 3.20.